The van der Waals surface area contributed by atoms with Crippen LogP contribution in [0.4, 0.5) is 0 Å². The molecule has 4 rings (SSSR count). The van der Waals surface area contributed by atoms with Gasteiger partial charge in [0.1, 0.15) is 5.69 Å². The molecule has 1 aliphatic rings. The van der Waals surface area contributed by atoms with Crippen LogP contribution in [0.2, 0.25) is 0 Å². The zero-order chi connectivity index (χ0) is 20.1. The topological polar surface area (TPSA) is 41.4 Å². The molecule has 0 atom stereocenters. The highest BCUT2D eigenvalue weighted by atomic mass is 32.1. The minimum atomic E-state index is 0.0771. The van der Waals surface area contributed by atoms with Gasteiger partial charge in [0.05, 0.1) is 11.4 Å². The third-order valence-electron chi connectivity index (χ3n) is 5.17. The highest BCUT2D eigenvalue weighted by Crippen LogP contribution is 2.28. The molecule has 29 heavy (non-hydrogen) atoms. The Balaban J connectivity index is 1.55. The van der Waals surface area contributed by atoms with Crippen molar-refractivity contribution in [2.75, 3.05) is 33.2 Å². The molecule has 1 fully saturated rings. The lowest BCUT2D eigenvalue weighted by Crippen LogP contribution is -2.33. The fourth-order valence-corrected chi connectivity index (χ4v) is 4.28. The molecule has 0 bridgehead atoms. The Morgan fingerprint density at radius 2 is 1.97 bits per heavy atom. The van der Waals surface area contributed by atoms with Gasteiger partial charge in [0.15, 0.2) is 0 Å². The van der Waals surface area contributed by atoms with Crippen LogP contribution in [0.1, 0.15) is 17.5 Å². The number of hydrogen-bond acceptors (Lipinski definition) is 4. The number of likely N-dealkylation sites (N-methyl/N-ethyl adjacent to an activating group) is 1. The van der Waals surface area contributed by atoms with Gasteiger partial charge in [-0.1, -0.05) is 36.4 Å². The smallest absolute Gasteiger partial charge is 0.246 e. The predicted octanol–water partition coefficient (Wildman–Crippen LogP) is 3.84. The third-order valence-corrected chi connectivity index (χ3v) is 6.05. The quantitative estimate of drug-likeness (QED) is 0.605. The molecule has 1 aromatic carbocycles. The van der Waals surface area contributed by atoms with Gasteiger partial charge in [-0.05, 0) is 43.1 Å². The Labute approximate surface area is 175 Å². The lowest BCUT2D eigenvalue weighted by atomic mass is 10.2. The van der Waals surface area contributed by atoms with Crippen LogP contribution in [0.25, 0.3) is 16.6 Å². The maximum atomic E-state index is 12.7. The highest BCUT2D eigenvalue weighted by molar-refractivity contribution is 7.13. The molecule has 3 heterocycles. The van der Waals surface area contributed by atoms with Gasteiger partial charge in [-0.3, -0.25) is 9.48 Å². The van der Waals surface area contributed by atoms with Gasteiger partial charge in [-0.2, -0.15) is 5.10 Å². The largest absolute Gasteiger partial charge is 0.338 e. The number of benzene rings is 1. The molecule has 5 nitrogen and oxygen atoms in total. The molecule has 3 aromatic rings. The van der Waals surface area contributed by atoms with Crippen LogP contribution in [0.5, 0.6) is 0 Å². The van der Waals surface area contributed by atoms with Crippen molar-refractivity contribution in [2.45, 2.75) is 13.0 Å². The molecule has 2 aromatic heterocycles. The molecule has 0 radical (unpaired) electrons. The van der Waals surface area contributed by atoms with E-state index in [-0.39, 0.29) is 5.91 Å². The second-order valence-corrected chi connectivity index (χ2v) is 8.36. The lowest BCUT2D eigenvalue weighted by Gasteiger charge is -2.18. The van der Waals surface area contributed by atoms with Gasteiger partial charge >= 0.3 is 0 Å². The second kappa shape index (κ2) is 9.20. The van der Waals surface area contributed by atoms with Crippen LogP contribution in [0, 0.1) is 0 Å². The Morgan fingerprint density at radius 1 is 1.10 bits per heavy atom. The molecule has 0 aliphatic carbocycles. The molecule has 6 heteroatoms. The monoisotopic (exact) mass is 406 g/mol. The van der Waals surface area contributed by atoms with E-state index in [0.717, 1.165) is 48.7 Å². The average molecular weight is 407 g/mol. The van der Waals surface area contributed by atoms with Crippen LogP contribution in [0.3, 0.4) is 0 Å². The molecule has 1 amide bonds. The van der Waals surface area contributed by atoms with E-state index in [0.29, 0.717) is 6.54 Å². The first-order chi connectivity index (χ1) is 14.2. The molecule has 0 saturated carbocycles. The Hall–Kier alpha value is -2.70. The minimum absolute atomic E-state index is 0.0771. The first-order valence-corrected chi connectivity index (χ1v) is 10.9. The molecule has 1 aliphatic heterocycles. The fourth-order valence-electron chi connectivity index (χ4n) is 3.55. The lowest BCUT2D eigenvalue weighted by molar-refractivity contribution is -0.125. The first-order valence-electron chi connectivity index (χ1n) is 10.00. The van der Waals surface area contributed by atoms with Crippen molar-refractivity contribution in [1.29, 1.82) is 0 Å². The summed E-state index contributed by atoms with van der Waals surface area (Å²) in [7, 11) is 2.11. The molecule has 1 saturated heterocycles. The molecular weight excluding hydrogens is 380 g/mol. The van der Waals surface area contributed by atoms with Crippen LogP contribution < -0.4 is 0 Å². The van der Waals surface area contributed by atoms with Crippen LogP contribution >= 0.6 is 11.3 Å². The summed E-state index contributed by atoms with van der Waals surface area (Å²) in [5.74, 6) is 0.0771. The molecule has 0 N–H and O–H groups in total. The van der Waals surface area contributed by atoms with Gasteiger partial charge in [-0.15, -0.1) is 11.3 Å². The number of carbonyl (C=O) groups excluding carboxylic acids is 1. The van der Waals surface area contributed by atoms with E-state index >= 15 is 0 Å². The number of carbonyl (C=O) groups is 1. The summed E-state index contributed by atoms with van der Waals surface area (Å²) >= 11 is 1.66. The van der Waals surface area contributed by atoms with E-state index in [1.807, 2.05) is 46.1 Å². The molecular formula is C23H26N4OS. The summed E-state index contributed by atoms with van der Waals surface area (Å²) < 4.78 is 1.95. The van der Waals surface area contributed by atoms with Crippen LogP contribution in [-0.2, 0) is 11.3 Å². The molecule has 0 unspecified atom stereocenters. The van der Waals surface area contributed by atoms with Crippen LogP contribution in [-0.4, -0.2) is 58.7 Å². The predicted molar refractivity (Wildman–Crippen MR) is 119 cm³/mol. The summed E-state index contributed by atoms with van der Waals surface area (Å²) in [5, 5.41) is 6.86. The number of amides is 1. The normalized spacial score (nSPS) is 15.7. The molecule has 0 spiro atoms. The highest BCUT2D eigenvalue weighted by Gasteiger charge is 2.16. The van der Waals surface area contributed by atoms with E-state index in [2.05, 4.69) is 35.5 Å². The van der Waals surface area contributed by atoms with Crippen molar-refractivity contribution >= 4 is 23.3 Å². The van der Waals surface area contributed by atoms with E-state index in [1.165, 1.54) is 5.56 Å². The number of thiophene rings is 1. The van der Waals surface area contributed by atoms with E-state index in [4.69, 9.17) is 5.10 Å². The standard InChI is InChI=1S/C23H26N4OS/c1-25-12-6-13-26(15-14-25)22(28)11-10-20-18-27(17-19-7-3-2-4-8-19)24-23(20)21-9-5-16-29-21/h2-5,7-11,16,18H,6,12-15,17H2,1H3/b11-10+. The zero-order valence-electron chi connectivity index (χ0n) is 16.7. The van der Waals surface area contributed by atoms with Gasteiger partial charge in [0.25, 0.3) is 0 Å². The Morgan fingerprint density at radius 3 is 2.76 bits per heavy atom. The van der Waals surface area contributed by atoms with Crippen molar-refractivity contribution in [3.8, 4) is 10.6 Å². The summed E-state index contributed by atoms with van der Waals surface area (Å²) in [6, 6.07) is 14.4. The summed E-state index contributed by atoms with van der Waals surface area (Å²) in [5.41, 5.74) is 3.10. The van der Waals surface area contributed by atoms with Crippen molar-refractivity contribution in [1.82, 2.24) is 19.6 Å². The van der Waals surface area contributed by atoms with Gasteiger partial charge in [-0.25, -0.2) is 0 Å². The van der Waals surface area contributed by atoms with E-state index < -0.39 is 0 Å². The van der Waals surface area contributed by atoms with Crippen molar-refractivity contribution < 1.29 is 4.79 Å². The average Bonchev–Trinajstić information content (AvgIpc) is 3.34. The van der Waals surface area contributed by atoms with E-state index in [1.54, 1.807) is 17.4 Å². The minimum Gasteiger partial charge on any atom is -0.338 e. The van der Waals surface area contributed by atoms with Crippen molar-refractivity contribution in [2.24, 2.45) is 0 Å². The Kier molecular flexibility index (Phi) is 6.22. The maximum Gasteiger partial charge on any atom is 0.246 e. The summed E-state index contributed by atoms with van der Waals surface area (Å²) in [6.07, 6.45) is 6.67. The second-order valence-electron chi connectivity index (χ2n) is 7.41. The van der Waals surface area contributed by atoms with Crippen molar-refractivity contribution in [3.63, 3.8) is 0 Å². The maximum absolute atomic E-state index is 12.7. The SMILES string of the molecule is CN1CCCN(C(=O)/C=C/c2cn(Cc3ccccc3)nc2-c2cccs2)CC1. The number of hydrogen-bond donors (Lipinski definition) is 0. The van der Waals surface area contributed by atoms with Gasteiger partial charge in [0.2, 0.25) is 5.91 Å². The van der Waals surface area contributed by atoms with Gasteiger partial charge < -0.3 is 9.80 Å². The van der Waals surface area contributed by atoms with Crippen molar-refractivity contribution in [3.05, 3.63) is 71.2 Å². The van der Waals surface area contributed by atoms with Crippen LogP contribution in [0.15, 0.2) is 60.1 Å². The number of aromatic nitrogens is 2. The zero-order valence-corrected chi connectivity index (χ0v) is 17.5. The third kappa shape index (κ3) is 5.02. The molecule has 150 valence electrons. The summed E-state index contributed by atoms with van der Waals surface area (Å²) in [6.45, 7) is 4.28. The number of rotatable bonds is 5. The Bertz CT molecular complexity index is 962. The fraction of sp³-hybridized carbons (Fsp3) is 0.304. The van der Waals surface area contributed by atoms with Gasteiger partial charge in [0, 0.05) is 37.5 Å². The number of nitrogens with zero attached hydrogens (tertiary/aromatic N) is 4. The summed E-state index contributed by atoms with van der Waals surface area (Å²) in [4.78, 5) is 18.1. The van der Waals surface area contributed by atoms with E-state index in [9.17, 15) is 4.79 Å². The first kappa shape index (κ1) is 19.6.